The molecule has 1 saturated heterocycles. The summed E-state index contributed by atoms with van der Waals surface area (Å²) in [4.78, 5) is 2.13. The molecule has 0 bridgehead atoms. The zero-order valence-corrected chi connectivity index (χ0v) is 15.3. The molecule has 4 nitrogen and oxygen atoms in total. The largest absolute Gasteiger partial charge is 0.371 e. The van der Waals surface area contributed by atoms with Crippen LogP contribution in [0.4, 0.5) is 14.5 Å². The van der Waals surface area contributed by atoms with Gasteiger partial charge in [0.2, 0.25) is 0 Å². The molecule has 2 unspecified atom stereocenters. The molecular weight excluding hydrogens is 322 g/mol. The molecule has 2 heterocycles. The van der Waals surface area contributed by atoms with Crippen LogP contribution in [0.2, 0.25) is 0 Å². The second kappa shape index (κ2) is 7.12. The van der Waals surface area contributed by atoms with Gasteiger partial charge in [0.05, 0.1) is 5.69 Å². The molecule has 6 heteroatoms. The molecule has 0 amide bonds. The fourth-order valence-electron chi connectivity index (χ4n) is 3.78. The highest BCUT2D eigenvalue weighted by molar-refractivity contribution is 5.47. The molecule has 1 fully saturated rings. The Morgan fingerprint density at radius 1 is 1.28 bits per heavy atom. The Kier molecular flexibility index (Phi) is 5.08. The quantitative estimate of drug-likeness (QED) is 0.898. The maximum atomic E-state index is 13.4. The van der Waals surface area contributed by atoms with Crippen molar-refractivity contribution in [1.29, 1.82) is 0 Å². The molecular formula is C19H26F2N4. The van der Waals surface area contributed by atoms with Crippen molar-refractivity contribution in [2.45, 2.75) is 33.2 Å². The fraction of sp³-hybridized carbons (Fsp3) is 0.526. The number of aryl methyl sites for hydroxylation is 2. The summed E-state index contributed by atoms with van der Waals surface area (Å²) < 4.78 is 28.4. The molecule has 3 rings (SSSR count). The maximum Gasteiger partial charge on any atom is 0.160 e. The van der Waals surface area contributed by atoms with Crippen LogP contribution in [-0.2, 0) is 7.05 Å². The molecule has 2 aromatic rings. The lowest BCUT2D eigenvalue weighted by Gasteiger charge is -2.20. The Hall–Kier alpha value is -1.95. The molecule has 1 aliphatic heterocycles. The van der Waals surface area contributed by atoms with Crippen LogP contribution in [-0.4, -0.2) is 29.4 Å². The van der Waals surface area contributed by atoms with Gasteiger partial charge < -0.3 is 10.2 Å². The minimum absolute atomic E-state index is 0.242. The summed E-state index contributed by atoms with van der Waals surface area (Å²) in [7, 11) is 1.97. The van der Waals surface area contributed by atoms with Gasteiger partial charge in [-0.1, -0.05) is 0 Å². The van der Waals surface area contributed by atoms with E-state index in [1.165, 1.54) is 23.4 Å². The molecule has 0 aliphatic carbocycles. The molecule has 1 N–H and O–H groups in total. The molecule has 136 valence electrons. The summed E-state index contributed by atoms with van der Waals surface area (Å²) >= 11 is 0. The van der Waals surface area contributed by atoms with Crippen molar-refractivity contribution in [1.82, 2.24) is 15.1 Å². The summed E-state index contributed by atoms with van der Waals surface area (Å²) in [5.74, 6) is -1.08. The first-order valence-electron chi connectivity index (χ1n) is 8.80. The summed E-state index contributed by atoms with van der Waals surface area (Å²) in [5, 5.41) is 8.10. The van der Waals surface area contributed by atoms with Gasteiger partial charge in [0.15, 0.2) is 11.6 Å². The van der Waals surface area contributed by atoms with Crippen LogP contribution in [0.15, 0.2) is 18.2 Å². The molecule has 1 aliphatic rings. The van der Waals surface area contributed by atoms with E-state index in [1.807, 2.05) is 18.7 Å². The third kappa shape index (κ3) is 3.68. The SMILES string of the molecule is Cc1nn(C)c(C)c1C(C)NCC1CCN(c2ccc(F)c(F)c2)C1. The van der Waals surface area contributed by atoms with Crippen molar-refractivity contribution in [3.05, 3.63) is 46.8 Å². The highest BCUT2D eigenvalue weighted by Crippen LogP contribution is 2.26. The van der Waals surface area contributed by atoms with Crippen molar-refractivity contribution in [3.8, 4) is 0 Å². The van der Waals surface area contributed by atoms with Crippen molar-refractivity contribution in [2.24, 2.45) is 13.0 Å². The zero-order chi connectivity index (χ0) is 18.1. The summed E-state index contributed by atoms with van der Waals surface area (Å²) in [6.45, 7) is 8.93. The van der Waals surface area contributed by atoms with Crippen molar-refractivity contribution < 1.29 is 8.78 Å². The van der Waals surface area contributed by atoms with Crippen LogP contribution in [0.1, 0.15) is 36.3 Å². The van der Waals surface area contributed by atoms with Crippen molar-refractivity contribution >= 4 is 5.69 Å². The third-order valence-electron chi connectivity index (χ3n) is 5.26. The average Bonchev–Trinajstić information content (AvgIpc) is 3.13. The van der Waals surface area contributed by atoms with E-state index in [0.29, 0.717) is 5.92 Å². The number of hydrogen-bond donors (Lipinski definition) is 1. The predicted molar refractivity (Wildman–Crippen MR) is 95.8 cm³/mol. The number of anilines is 1. The van der Waals surface area contributed by atoms with E-state index in [9.17, 15) is 8.78 Å². The second-order valence-electron chi connectivity index (χ2n) is 7.04. The zero-order valence-electron chi connectivity index (χ0n) is 15.3. The first-order chi connectivity index (χ1) is 11.9. The lowest BCUT2D eigenvalue weighted by Crippen LogP contribution is -2.28. The van der Waals surface area contributed by atoms with Crippen molar-refractivity contribution in [3.63, 3.8) is 0 Å². The van der Waals surface area contributed by atoms with Crippen LogP contribution in [0.25, 0.3) is 0 Å². The maximum absolute atomic E-state index is 13.4. The molecule has 2 atom stereocenters. The Labute approximate surface area is 147 Å². The first-order valence-corrected chi connectivity index (χ1v) is 8.80. The lowest BCUT2D eigenvalue weighted by molar-refractivity contribution is 0.470. The Bertz CT molecular complexity index is 756. The van der Waals surface area contributed by atoms with Gasteiger partial charge in [-0.25, -0.2) is 8.78 Å². The Morgan fingerprint density at radius 2 is 2.04 bits per heavy atom. The lowest BCUT2D eigenvalue weighted by atomic mass is 10.0. The standard InChI is InChI=1S/C19H26F2N4/c1-12(19-13(2)23-24(4)14(19)3)22-10-15-7-8-25(11-15)16-5-6-17(20)18(21)9-16/h5-6,9,12,15,22H,7-8,10-11H2,1-4H3. The van der Waals surface area contributed by atoms with E-state index in [-0.39, 0.29) is 6.04 Å². The summed E-state index contributed by atoms with van der Waals surface area (Å²) in [6.07, 6.45) is 1.05. The highest BCUT2D eigenvalue weighted by Gasteiger charge is 2.24. The minimum atomic E-state index is -0.794. The van der Waals surface area contributed by atoms with Gasteiger partial charge in [-0.2, -0.15) is 5.10 Å². The molecule has 25 heavy (non-hydrogen) atoms. The van der Waals surface area contributed by atoms with E-state index < -0.39 is 11.6 Å². The van der Waals surface area contributed by atoms with Gasteiger partial charge in [0.25, 0.3) is 0 Å². The molecule has 1 aromatic heterocycles. The summed E-state index contributed by atoms with van der Waals surface area (Å²) in [5.41, 5.74) is 4.27. The first kappa shape index (κ1) is 17.9. The van der Waals surface area contributed by atoms with Gasteiger partial charge in [-0.3, -0.25) is 4.68 Å². The van der Waals surface area contributed by atoms with Crippen LogP contribution in [0, 0.1) is 31.4 Å². The van der Waals surface area contributed by atoms with E-state index in [1.54, 1.807) is 6.07 Å². The van der Waals surface area contributed by atoms with Gasteiger partial charge in [0.1, 0.15) is 0 Å². The monoisotopic (exact) mass is 348 g/mol. The smallest absolute Gasteiger partial charge is 0.160 e. The number of hydrogen-bond acceptors (Lipinski definition) is 3. The second-order valence-corrected chi connectivity index (χ2v) is 7.04. The topological polar surface area (TPSA) is 33.1 Å². The number of aromatic nitrogens is 2. The normalized spacial score (nSPS) is 18.8. The average molecular weight is 348 g/mol. The third-order valence-corrected chi connectivity index (χ3v) is 5.26. The van der Waals surface area contributed by atoms with Gasteiger partial charge in [0, 0.05) is 55.7 Å². The Morgan fingerprint density at radius 3 is 2.68 bits per heavy atom. The van der Waals surface area contributed by atoms with E-state index in [4.69, 9.17) is 0 Å². The van der Waals surface area contributed by atoms with Crippen LogP contribution >= 0.6 is 0 Å². The van der Waals surface area contributed by atoms with E-state index in [0.717, 1.165) is 37.4 Å². The van der Waals surface area contributed by atoms with E-state index in [2.05, 4.69) is 29.2 Å². The molecule has 0 spiro atoms. The molecule has 1 aromatic carbocycles. The number of nitrogens with zero attached hydrogens (tertiary/aromatic N) is 3. The molecule has 0 saturated carbocycles. The molecule has 0 radical (unpaired) electrons. The Balaban J connectivity index is 1.57. The fourth-order valence-corrected chi connectivity index (χ4v) is 3.78. The van der Waals surface area contributed by atoms with Gasteiger partial charge in [-0.05, 0) is 45.2 Å². The van der Waals surface area contributed by atoms with E-state index >= 15 is 0 Å². The predicted octanol–water partition coefficient (Wildman–Crippen LogP) is 3.49. The minimum Gasteiger partial charge on any atom is -0.371 e. The number of nitrogens with one attached hydrogen (secondary N) is 1. The van der Waals surface area contributed by atoms with Gasteiger partial charge in [-0.15, -0.1) is 0 Å². The van der Waals surface area contributed by atoms with Crippen LogP contribution in [0.3, 0.4) is 0 Å². The number of rotatable bonds is 5. The van der Waals surface area contributed by atoms with Crippen LogP contribution < -0.4 is 10.2 Å². The van der Waals surface area contributed by atoms with Crippen molar-refractivity contribution in [2.75, 3.05) is 24.5 Å². The number of halogens is 2. The number of benzene rings is 1. The van der Waals surface area contributed by atoms with Crippen LogP contribution in [0.5, 0.6) is 0 Å². The summed E-state index contributed by atoms with van der Waals surface area (Å²) in [6, 6.07) is 4.38. The van der Waals surface area contributed by atoms with Gasteiger partial charge >= 0.3 is 0 Å². The highest BCUT2D eigenvalue weighted by atomic mass is 19.2.